The number of ether oxygens (including phenoxy) is 2. The molecule has 6 nitrogen and oxygen atoms in total. The zero-order chi connectivity index (χ0) is 15.3. The topological polar surface area (TPSA) is 80.4 Å². The van der Waals surface area contributed by atoms with Gasteiger partial charge in [-0.15, -0.1) is 0 Å². The number of aromatic nitrogens is 1. The number of hydrogen-bond acceptors (Lipinski definition) is 4. The minimum absolute atomic E-state index is 0.104. The molecule has 0 radical (unpaired) electrons. The van der Waals surface area contributed by atoms with E-state index < -0.39 is 5.97 Å². The summed E-state index contributed by atoms with van der Waals surface area (Å²) in [6.45, 7) is 7.80. The average molecular weight is 282 g/mol. The number of carbonyl (C=O) groups excluding carboxylic acids is 2. The Kier molecular flexibility index (Phi) is 5.76. The van der Waals surface area contributed by atoms with E-state index in [2.05, 4.69) is 10.3 Å². The molecule has 1 aromatic heterocycles. The number of hydrogen-bond donors (Lipinski definition) is 2. The second kappa shape index (κ2) is 7.09. The molecule has 1 aromatic rings. The molecule has 1 heterocycles. The molecule has 1 amide bonds. The van der Waals surface area contributed by atoms with Gasteiger partial charge in [-0.2, -0.15) is 0 Å². The van der Waals surface area contributed by atoms with Crippen molar-refractivity contribution in [2.45, 2.75) is 33.7 Å². The molecule has 1 rings (SSSR count). The second-order valence-electron chi connectivity index (χ2n) is 4.68. The fraction of sp³-hybridized carbons (Fsp3) is 0.571. The maximum absolute atomic E-state index is 12.2. The summed E-state index contributed by atoms with van der Waals surface area (Å²) in [4.78, 5) is 26.9. The normalized spacial score (nSPS) is 12.1. The number of rotatable bonds is 6. The van der Waals surface area contributed by atoms with Crippen molar-refractivity contribution in [1.82, 2.24) is 10.3 Å². The standard InChI is InChI=1S/C14H22N2O4/c1-6-20-14(18)12-9(3)11(10(4)16-12)13(17)15-8(2)7-19-5/h8,16H,6-7H2,1-5H3,(H,15,17)/t8-/m0/s1. The van der Waals surface area contributed by atoms with Crippen molar-refractivity contribution in [3.63, 3.8) is 0 Å². The van der Waals surface area contributed by atoms with Gasteiger partial charge in [0.15, 0.2) is 0 Å². The van der Waals surface area contributed by atoms with Crippen LogP contribution in [-0.4, -0.2) is 43.2 Å². The van der Waals surface area contributed by atoms with E-state index in [1.54, 1.807) is 27.9 Å². The zero-order valence-electron chi connectivity index (χ0n) is 12.6. The molecule has 20 heavy (non-hydrogen) atoms. The van der Waals surface area contributed by atoms with Crippen LogP contribution in [0.1, 0.15) is 46.0 Å². The Morgan fingerprint density at radius 2 is 2.00 bits per heavy atom. The molecular weight excluding hydrogens is 260 g/mol. The molecule has 6 heteroatoms. The summed E-state index contributed by atoms with van der Waals surface area (Å²) in [5.41, 5.74) is 2.06. The third kappa shape index (κ3) is 3.60. The van der Waals surface area contributed by atoms with Gasteiger partial charge in [0.1, 0.15) is 5.69 Å². The highest BCUT2D eigenvalue weighted by Crippen LogP contribution is 2.18. The molecule has 0 saturated carbocycles. The lowest BCUT2D eigenvalue weighted by Crippen LogP contribution is -2.36. The van der Waals surface area contributed by atoms with Gasteiger partial charge in [-0.3, -0.25) is 4.79 Å². The number of esters is 1. The fourth-order valence-corrected chi connectivity index (χ4v) is 2.09. The molecule has 0 aliphatic rings. The van der Waals surface area contributed by atoms with E-state index in [-0.39, 0.29) is 11.9 Å². The first-order valence-electron chi connectivity index (χ1n) is 6.58. The second-order valence-corrected chi connectivity index (χ2v) is 4.68. The molecule has 112 valence electrons. The number of H-pyrrole nitrogens is 1. The van der Waals surface area contributed by atoms with Crippen LogP contribution in [0.5, 0.6) is 0 Å². The lowest BCUT2D eigenvalue weighted by Gasteiger charge is -2.13. The average Bonchev–Trinajstić information content (AvgIpc) is 2.65. The van der Waals surface area contributed by atoms with Gasteiger partial charge in [0, 0.05) is 18.8 Å². The van der Waals surface area contributed by atoms with Crippen molar-refractivity contribution in [1.29, 1.82) is 0 Å². The third-order valence-electron chi connectivity index (χ3n) is 2.94. The van der Waals surface area contributed by atoms with Crippen LogP contribution in [0.25, 0.3) is 0 Å². The Labute approximate surface area is 118 Å². The molecule has 0 aliphatic carbocycles. The first kappa shape index (κ1) is 16.2. The number of methoxy groups -OCH3 is 1. The van der Waals surface area contributed by atoms with E-state index >= 15 is 0 Å². The number of aromatic amines is 1. The van der Waals surface area contributed by atoms with Crippen LogP contribution < -0.4 is 5.32 Å². The van der Waals surface area contributed by atoms with Crippen molar-refractivity contribution in [3.8, 4) is 0 Å². The Balaban J connectivity index is 2.96. The predicted octanol–water partition coefficient (Wildman–Crippen LogP) is 1.57. The van der Waals surface area contributed by atoms with Gasteiger partial charge in [0.2, 0.25) is 0 Å². The van der Waals surface area contributed by atoms with Gasteiger partial charge in [0.05, 0.1) is 18.8 Å². The van der Waals surface area contributed by atoms with Crippen LogP contribution in [0, 0.1) is 13.8 Å². The largest absolute Gasteiger partial charge is 0.461 e. The van der Waals surface area contributed by atoms with Crippen molar-refractivity contribution in [2.75, 3.05) is 20.3 Å². The summed E-state index contributed by atoms with van der Waals surface area (Å²) in [5, 5.41) is 2.83. The number of aryl methyl sites for hydroxylation is 1. The monoisotopic (exact) mass is 282 g/mol. The molecule has 2 N–H and O–H groups in total. The number of nitrogens with one attached hydrogen (secondary N) is 2. The van der Waals surface area contributed by atoms with Crippen LogP contribution in [0.15, 0.2) is 0 Å². The summed E-state index contributed by atoms with van der Waals surface area (Å²) in [5.74, 6) is -0.673. The highest BCUT2D eigenvalue weighted by molar-refractivity contribution is 6.01. The van der Waals surface area contributed by atoms with Crippen molar-refractivity contribution < 1.29 is 19.1 Å². The summed E-state index contributed by atoms with van der Waals surface area (Å²) < 4.78 is 9.93. The SMILES string of the molecule is CCOC(=O)c1[nH]c(C)c(C(=O)N[C@@H](C)COC)c1C. The molecule has 0 aromatic carbocycles. The van der Waals surface area contributed by atoms with Gasteiger partial charge in [0.25, 0.3) is 5.91 Å². The maximum Gasteiger partial charge on any atom is 0.355 e. The van der Waals surface area contributed by atoms with Crippen molar-refractivity contribution in [3.05, 3.63) is 22.5 Å². The van der Waals surface area contributed by atoms with E-state index in [0.717, 1.165) is 0 Å². The first-order valence-corrected chi connectivity index (χ1v) is 6.58. The Hall–Kier alpha value is -1.82. The minimum atomic E-state index is -0.447. The Bertz CT molecular complexity index is 494. The van der Waals surface area contributed by atoms with Crippen molar-refractivity contribution >= 4 is 11.9 Å². The third-order valence-corrected chi connectivity index (χ3v) is 2.94. The lowest BCUT2D eigenvalue weighted by atomic mass is 10.1. The van der Waals surface area contributed by atoms with E-state index in [0.29, 0.717) is 35.7 Å². The summed E-state index contributed by atoms with van der Waals surface area (Å²) in [6.07, 6.45) is 0. The zero-order valence-corrected chi connectivity index (χ0v) is 12.6. The fourth-order valence-electron chi connectivity index (χ4n) is 2.09. The van der Waals surface area contributed by atoms with Crippen LogP contribution in [0.2, 0.25) is 0 Å². The smallest absolute Gasteiger partial charge is 0.355 e. The first-order chi connectivity index (χ1) is 9.42. The van der Waals surface area contributed by atoms with E-state index in [4.69, 9.17) is 9.47 Å². The molecule has 0 fully saturated rings. The number of carbonyl (C=O) groups is 2. The highest BCUT2D eigenvalue weighted by atomic mass is 16.5. The minimum Gasteiger partial charge on any atom is -0.461 e. The molecule has 0 unspecified atom stereocenters. The van der Waals surface area contributed by atoms with E-state index in [1.165, 1.54) is 0 Å². The van der Waals surface area contributed by atoms with Crippen LogP contribution in [0.4, 0.5) is 0 Å². The molecule has 0 spiro atoms. The molecule has 0 saturated heterocycles. The lowest BCUT2D eigenvalue weighted by molar-refractivity contribution is 0.0519. The van der Waals surface area contributed by atoms with Gasteiger partial charge in [-0.1, -0.05) is 0 Å². The van der Waals surface area contributed by atoms with Crippen molar-refractivity contribution in [2.24, 2.45) is 0 Å². The van der Waals surface area contributed by atoms with Crippen LogP contribution in [0.3, 0.4) is 0 Å². The van der Waals surface area contributed by atoms with Gasteiger partial charge in [-0.05, 0) is 33.3 Å². The van der Waals surface area contributed by atoms with Crippen LogP contribution >= 0.6 is 0 Å². The summed E-state index contributed by atoms with van der Waals surface area (Å²) >= 11 is 0. The summed E-state index contributed by atoms with van der Waals surface area (Å²) in [6, 6.07) is -0.104. The van der Waals surface area contributed by atoms with Gasteiger partial charge in [-0.25, -0.2) is 4.79 Å². The molecule has 0 aliphatic heterocycles. The maximum atomic E-state index is 12.2. The summed E-state index contributed by atoms with van der Waals surface area (Å²) in [7, 11) is 1.58. The Morgan fingerprint density at radius 1 is 1.35 bits per heavy atom. The van der Waals surface area contributed by atoms with E-state index in [9.17, 15) is 9.59 Å². The Morgan fingerprint density at radius 3 is 2.55 bits per heavy atom. The molecule has 1 atom stereocenters. The van der Waals surface area contributed by atoms with Gasteiger partial charge >= 0.3 is 5.97 Å². The quantitative estimate of drug-likeness (QED) is 0.776. The number of amides is 1. The van der Waals surface area contributed by atoms with E-state index in [1.807, 2.05) is 6.92 Å². The molecular formula is C14H22N2O4. The van der Waals surface area contributed by atoms with Crippen LogP contribution in [-0.2, 0) is 9.47 Å². The predicted molar refractivity (Wildman–Crippen MR) is 75.0 cm³/mol. The van der Waals surface area contributed by atoms with Gasteiger partial charge < -0.3 is 19.8 Å². The molecule has 0 bridgehead atoms. The highest BCUT2D eigenvalue weighted by Gasteiger charge is 2.23.